The zero-order chi connectivity index (χ0) is 18.5. The van der Waals surface area contributed by atoms with Crippen LogP contribution in [0.4, 0.5) is 10.6 Å². The van der Waals surface area contributed by atoms with Gasteiger partial charge in [0.1, 0.15) is 11.5 Å². The van der Waals surface area contributed by atoms with E-state index >= 15 is 0 Å². The highest BCUT2D eigenvalue weighted by Crippen LogP contribution is 2.26. The Morgan fingerprint density at radius 2 is 1.92 bits per heavy atom. The quantitative estimate of drug-likeness (QED) is 0.770. The van der Waals surface area contributed by atoms with Gasteiger partial charge >= 0.3 is 6.03 Å². The number of carbonyl (C=O) groups is 3. The van der Waals surface area contributed by atoms with Crippen LogP contribution in [-0.2, 0) is 4.79 Å². The number of carbonyl (C=O) groups excluding carboxylic acids is 3. The first-order valence-electron chi connectivity index (χ1n) is 8.21. The number of nitrogens with one attached hydrogen (secondary N) is 2. The highest BCUT2D eigenvalue weighted by atomic mass is 16.2. The molecule has 8 nitrogen and oxygen atoms in total. The normalized spacial score (nSPS) is 17.2. The third-order valence-corrected chi connectivity index (χ3v) is 4.11. The van der Waals surface area contributed by atoms with Crippen molar-refractivity contribution < 1.29 is 14.4 Å². The lowest BCUT2D eigenvalue weighted by Gasteiger charge is -2.29. The maximum atomic E-state index is 12.8. The van der Waals surface area contributed by atoms with Gasteiger partial charge in [-0.1, -0.05) is 36.4 Å². The van der Waals surface area contributed by atoms with Crippen LogP contribution in [0, 0.1) is 0 Å². The van der Waals surface area contributed by atoms with Crippen LogP contribution in [0.1, 0.15) is 28.5 Å². The number of hydrogen-bond acceptors (Lipinski definition) is 4. The van der Waals surface area contributed by atoms with Crippen LogP contribution < -0.4 is 16.4 Å². The Bertz CT molecular complexity index is 825. The van der Waals surface area contributed by atoms with E-state index in [2.05, 4.69) is 15.6 Å². The van der Waals surface area contributed by atoms with Crippen LogP contribution in [0.25, 0.3) is 0 Å². The van der Waals surface area contributed by atoms with Gasteiger partial charge in [0.25, 0.3) is 5.91 Å². The van der Waals surface area contributed by atoms with Crippen molar-refractivity contribution in [2.45, 2.75) is 12.5 Å². The third kappa shape index (κ3) is 3.97. The van der Waals surface area contributed by atoms with Crippen molar-refractivity contribution >= 4 is 23.7 Å². The molecule has 0 saturated carbocycles. The molecule has 1 unspecified atom stereocenters. The standard InChI is InChI=1S/C18H19N5O3/c19-17(25)13-7-4-8-15(21-13)22-18(26)23-10-9-20-16(24)11-14(23)12-5-2-1-3-6-12/h1-8,14H,9-11H2,(H2,19,25)(H,20,24)(H,21,22,26). The number of primary amides is 1. The number of rotatable bonds is 3. The Morgan fingerprint density at radius 3 is 2.65 bits per heavy atom. The molecule has 0 spiro atoms. The maximum Gasteiger partial charge on any atom is 0.323 e. The van der Waals surface area contributed by atoms with Crippen LogP contribution in [0.5, 0.6) is 0 Å². The first-order valence-corrected chi connectivity index (χ1v) is 8.21. The topological polar surface area (TPSA) is 117 Å². The van der Waals surface area contributed by atoms with Crippen LogP contribution in [0.3, 0.4) is 0 Å². The maximum absolute atomic E-state index is 12.8. The first-order chi connectivity index (χ1) is 12.5. The number of pyridine rings is 1. The summed E-state index contributed by atoms with van der Waals surface area (Å²) in [6, 6.07) is 13.2. The van der Waals surface area contributed by atoms with Crippen molar-refractivity contribution in [1.29, 1.82) is 0 Å². The lowest BCUT2D eigenvalue weighted by molar-refractivity contribution is -0.121. The summed E-state index contributed by atoms with van der Waals surface area (Å²) in [5, 5.41) is 5.46. The van der Waals surface area contributed by atoms with E-state index in [1.807, 2.05) is 30.3 Å². The van der Waals surface area contributed by atoms with Crippen molar-refractivity contribution in [3.63, 3.8) is 0 Å². The summed E-state index contributed by atoms with van der Waals surface area (Å²) in [5.74, 6) is -0.558. The van der Waals surface area contributed by atoms with E-state index in [-0.39, 0.29) is 23.8 Å². The Balaban J connectivity index is 1.84. The lowest BCUT2D eigenvalue weighted by Crippen LogP contribution is -2.39. The van der Waals surface area contributed by atoms with E-state index < -0.39 is 18.0 Å². The molecule has 0 aliphatic carbocycles. The minimum atomic E-state index is -0.673. The number of urea groups is 1. The van der Waals surface area contributed by atoms with Crippen LogP contribution in [-0.4, -0.2) is 40.8 Å². The summed E-state index contributed by atoms with van der Waals surface area (Å²) in [5.41, 5.74) is 6.16. The van der Waals surface area contributed by atoms with Gasteiger partial charge in [-0.2, -0.15) is 0 Å². The monoisotopic (exact) mass is 353 g/mol. The molecule has 4 N–H and O–H groups in total. The fourth-order valence-electron chi connectivity index (χ4n) is 2.87. The zero-order valence-electron chi connectivity index (χ0n) is 14.0. The molecular formula is C18H19N5O3. The van der Waals surface area contributed by atoms with Gasteiger partial charge in [0.2, 0.25) is 5.91 Å². The van der Waals surface area contributed by atoms with Gasteiger partial charge < -0.3 is 16.0 Å². The van der Waals surface area contributed by atoms with Crippen molar-refractivity contribution in [2.24, 2.45) is 5.73 Å². The molecule has 2 heterocycles. The molecule has 134 valence electrons. The summed E-state index contributed by atoms with van der Waals surface area (Å²) in [4.78, 5) is 41.7. The zero-order valence-corrected chi connectivity index (χ0v) is 14.0. The second-order valence-electron chi connectivity index (χ2n) is 5.88. The van der Waals surface area contributed by atoms with Gasteiger partial charge in [-0.25, -0.2) is 9.78 Å². The number of hydrogen-bond donors (Lipinski definition) is 3. The highest BCUT2D eigenvalue weighted by Gasteiger charge is 2.30. The molecule has 3 rings (SSSR count). The Morgan fingerprint density at radius 1 is 1.15 bits per heavy atom. The SMILES string of the molecule is NC(=O)c1cccc(NC(=O)N2CCNC(=O)CC2c2ccccc2)n1. The van der Waals surface area contributed by atoms with Crippen LogP contribution in [0.2, 0.25) is 0 Å². The third-order valence-electron chi connectivity index (χ3n) is 4.11. The average molecular weight is 353 g/mol. The van der Waals surface area contributed by atoms with Crippen LogP contribution in [0.15, 0.2) is 48.5 Å². The van der Waals surface area contributed by atoms with E-state index in [1.165, 1.54) is 6.07 Å². The van der Waals surface area contributed by atoms with Gasteiger partial charge in [-0.15, -0.1) is 0 Å². The second kappa shape index (κ2) is 7.64. The molecule has 1 atom stereocenters. The van der Waals surface area contributed by atoms with Gasteiger partial charge in [0.05, 0.1) is 12.5 Å². The smallest absolute Gasteiger partial charge is 0.323 e. The predicted molar refractivity (Wildman–Crippen MR) is 95.3 cm³/mol. The molecule has 0 bridgehead atoms. The second-order valence-corrected chi connectivity index (χ2v) is 5.88. The van der Waals surface area contributed by atoms with E-state index in [0.29, 0.717) is 13.1 Å². The summed E-state index contributed by atoms with van der Waals surface area (Å²) in [7, 11) is 0. The number of nitrogens with zero attached hydrogens (tertiary/aromatic N) is 2. The van der Waals surface area contributed by atoms with Gasteiger partial charge in [-0.3, -0.25) is 14.9 Å². The highest BCUT2D eigenvalue weighted by molar-refractivity contribution is 5.93. The summed E-state index contributed by atoms with van der Waals surface area (Å²) >= 11 is 0. The molecule has 1 fully saturated rings. The number of anilines is 1. The number of nitrogens with two attached hydrogens (primary N) is 1. The van der Waals surface area contributed by atoms with Crippen molar-refractivity contribution in [3.8, 4) is 0 Å². The van der Waals surface area contributed by atoms with E-state index in [4.69, 9.17) is 5.73 Å². The molecule has 1 saturated heterocycles. The fourth-order valence-corrected chi connectivity index (χ4v) is 2.87. The molecular weight excluding hydrogens is 334 g/mol. The van der Waals surface area contributed by atoms with Gasteiger partial charge in [-0.05, 0) is 17.7 Å². The number of amides is 4. The predicted octanol–water partition coefficient (Wildman–Crippen LogP) is 1.28. The largest absolute Gasteiger partial charge is 0.364 e. The Hall–Kier alpha value is -3.42. The number of aromatic nitrogens is 1. The molecule has 1 aromatic carbocycles. The Labute approximate surface area is 150 Å². The van der Waals surface area contributed by atoms with Crippen molar-refractivity contribution in [3.05, 3.63) is 59.8 Å². The molecule has 1 aliphatic rings. The van der Waals surface area contributed by atoms with Gasteiger partial charge in [0, 0.05) is 13.1 Å². The average Bonchev–Trinajstić information content (AvgIpc) is 2.84. The molecule has 1 aromatic heterocycles. The molecule has 4 amide bonds. The van der Waals surface area contributed by atoms with Crippen molar-refractivity contribution in [1.82, 2.24) is 15.2 Å². The Kier molecular flexibility index (Phi) is 5.12. The molecule has 2 aromatic rings. The van der Waals surface area contributed by atoms with Crippen LogP contribution >= 0.6 is 0 Å². The molecule has 8 heteroatoms. The molecule has 0 radical (unpaired) electrons. The van der Waals surface area contributed by atoms with E-state index in [0.717, 1.165) is 5.56 Å². The summed E-state index contributed by atoms with van der Waals surface area (Å²) in [6.45, 7) is 0.719. The first kappa shape index (κ1) is 17.4. The summed E-state index contributed by atoms with van der Waals surface area (Å²) < 4.78 is 0. The van der Waals surface area contributed by atoms with Crippen molar-refractivity contribution in [2.75, 3.05) is 18.4 Å². The van der Waals surface area contributed by atoms with E-state index in [9.17, 15) is 14.4 Å². The minimum Gasteiger partial charge on any atom is -0.364 e. The minimum absolute atomic E-state index is 0.0649. The van der Waals surface area contributed by atoms with E-state index in [1.54, 1.807) is 17.0 Å². The fraction of sp³-hybridized carbons (Fsp3) is 0.222. The number of benzene rings is 1. The summed E-state index contributed by atoms with van der Waals surface area (Å²) in [6.07, 6.45) is 0.173. The van der Waals surface area contributed by atoms with Gasteiger partial charge in [0.15, 0.2) is 0 Å². The molecule has 1 aliphatic heterocycles. The lowest BCUT2D eigenvalue weighted by atomic mass is 10.0. The molecule has 26 heavy (non-hydrogen) atoms.